The normalized spacial score (nSPS) is 10.1. The van der Waals surface area contributed by atoms with E-state index in [4.69, 9.17) is 23.2 Å². The van der Waals surface area contributed by atoms with E-state index in [2.05, 4.69) is 10.6 Å². The molecular weight excluding hydrogens is 323 g/mol. The second kappa shape index (κ2) is 7.29. The quantitative estimate of drug-likeness (QED) is 0.894. The summed E-state index contributed by atoms with van der Waals surface area (Å²) in [5, 5.41) is 6.02. The summed E-state index contributed by atoms with van der Waals surface area (Å²) in [5.41, 5.74) is 1.97. The maximum absolute atomic E-state index is 11.9. The number of halogens is 2. The van der Waals surface area contributed by atoms with Gasteiger partial charge in [0, 0.05) is 21.3 Å². The van der Waals surface area contributed by atoms with Crippen LogP contribution in [0.4, 0.5) is 5.69 Å². The van der Waals surface area contributed by atoms with Crippen molar-refractivity contribution >= 4 is 40.7 Å². The lowest BCUT2D eigenvalue weighted by Gasteiger charge is -2.08. The Bertz CT molecular complexity index is 697. The molecular formula is C16H14Cl2N2O2. The lowest BCUT2D eigenvalue weighted by Crippen LogP contribution is -2.32. The molecule has 0 aliphatic carbocycles. The van der Waals surface area contributed by atoms with Gasteiger partial charge in [-0.25, -0.2) is 0 Å². The molecule has 4 nitrogen and oxygen atoms in total. The van der Waals surface area contributed by atoms with E-state index in [1.165, 1.54) is 0 Å². The molecule has 0 radical (unpaired) electrons. The van der Waals surface area contributed by atoms with Crippen molar-refractivity contribution in [2.45, 2.75) is 6.92 Å². The Morgan fingerprint density at radius 2 is 1.73 bits per heavy atom. The molecule has 114 valence electrons. The Balaban J connectivity index is 1.91. The molecule has 6 heteroatoms. The van der Waals surface area contributed by atoms with Crippen molar-refractivity contribution < 1.29 is 9.59 Å². The lowest BCUT2D eigenvalue weighted by molar-refractivity contribution is -0.115. The van der Waals surface area contributed by atoms with Crippen LogP contribution in [0.5, 0.6) is 0 Å². The first-order valence-corrected chi connectivity index (χ1v) is 7.30. The van der Waals surface area contributed by atoms with Crippen LogP contribution in [-0.2, 0) is 4.79 Å². The van der Waals surface area contributed by atoms with E-state index in [0.717, 1.165) is 5.56 Å². The molecule has 0 spiro atoms. The smallest absolute Gasteiger partial charge is 0.251 e. The van der Waals surface area contributed by atoms with Crippen LogP contribution in [-0.4, -0.2) is 18.4 Å². The molecule has 2 amide bonds. The molecule has 2 rings (SSSR count). The second-order valence-corrected chi connectivity index (χ2v) is 5.63. The van der Waals surface area contributed by atoms with E-state index in [0.29, 0.717) is 21.3 Å². The van der Waals surface area contributed by atoms with Crippen molar-refractivity contribution in [1.29, 1.82) is 0 Å². The molecule has 2 N–H and O–H groups in total. The van der Waals surface area contributed by atoms with Crippen LogP contribution in [0.3, 0.4) is 0 Å². The number of anilines is 1. The van der Waals surface area contributed by atoms with Crippen LogP contribution >= 0.6 is 23.2 Å². The number of amides is 2. The monoisotopic (exact) mass is 336 g/mol. The van der Waals surface area contributed by atoms with Crippen molar-refractivity contribution in [2.75, 3.05) is 11.9 Å². The summed E-state index contributed by atoms with van der Waals surface area (Å²) < 4.78 is 0. The van der Waals surface area contributed by atoms with Gasteiger partial charge in [0.1, 0.15) is 0 Å². The van der Waals surface area contributed by atoms with Crippen LogP contribution in [0.25, 0.3) is 0 Å². The third kappa shape index (κ3) is 4.76. The van der Waals surface area contributed by atoms with Gasteiger partial charge in [-0.2, -0.15) is 0 Å². The highest BCUT2D eigenvalue weighted by molar-refractivity contribution is 6.35. The van der Waals surface area contributed by atoms with E-state index in [1.54, 1.807) is 36.4 Å². The highest BCUT2D eigenvalue weighted by atomic mass is 35.5. The molecule has 0 aromatic heterocycles. The van der Waals surface area contributed by atoms with Gasteiger partial charge in [-0.3, -0.25) is 9.59 Å². The zero-order chi connectivity index (χ0) is 16.1. The van der Waals surface area contributed by atoms with E-state index in [-0.39, 0.29) is 18.4 Å². The first-order valence-electron chi connectivity index (χ1n) is 6.55. The Labute approximate surface area is 138 Å². The molecule has 0 heterocycles. The molecule has 0 fully saturated rings. The average molecular weight is 337 g/mol. The zero-order valence-corrected chi connectivity index (χ0v) is 13.3. The number of carbonyl (C=O) groups is 2. The number of benzene rings is 2. The summed E-state index contributed by atoms with van der Waals surface area (Å²) in [4.78, 5) is 23.8. The summed E-state index contributed by atoms with van der Waals surface area (Å²) in [6.07, 6.45) is 0. The fourth-order valence-corrected chi connectivity index (χ4v) is 2.41. The van der Waals surface area contributed by atoms with Crippen LogP contribution in [0, 0.1) is 6.92 Å². The number of hydrogen-bond donors (Lipinski definition) is 2. The summed E-state index contributed by atoms with van der Waals surface area (Å²) in [6.45, 7) is 1.75. The van der Waals surface area contributed by atoms with Crippen LogP contribution < -0.4 is 10.6 Å². The zero-order valence-electron chi connectivity index (χ0n) is 11.8. The van der Waals surface area contributed by atoms with Gasteiger partial charge in [-0.1, -0.05) is 40.9 Å². The van der Waals surface area contributed by atoms with Gasteiger partial charge >= 0.3 is 0 Å². The molecule has 0 atom stereocenters. The largest absolute Gasteiger partial charge is 0.343 e. The van der Waals surface area contributed by atoms with Crippen LogP contribution in [0.1, 0.15) is 15.9 Å². The molecule has 22 heavy (non-hydrogen) atoms. The Morgan fingerprint density at radius 1 is 1.05 bits per heavy atom. The van der Waals surface area contributed by atoms with Gasteiger partial charge in [-0.05, 0) is 37.3 Å². The maximum Gasteiger partial charge on any atom is 0.251 e. The number of carbonyl (C=O) groups excluding carboxylic acids is 2. The third-order valence-electron chi connectivity index (χ3n) is 2.84. The number of rotatable bonds is 4. The minimum Gasteiger partial charge on any atom is -0.343 e. The number of hydrogen-bond acceptors (Lipinski definition) is 2. The second-order valence-electron chi connectivity index (χ2n) is 4.76. The van der Waals surface area contributed by atoms with Gasteiger partial charge < -0.3 is 10.6 Å². The average Bonchev–Trinajstić information content (AvgIpc) is 2.43. The van der Waals surface area contributed by atoms with Crippen molar-refractivity contribution in [1.82, 2.24) is 5.32 Å². The van der Waals surface area contributed by atoms with Crippen molar-refractivity contribution in [3.05, 3.63) is 63.6 Å². The summed E-state index contributed by atoms with van der Waals surface area (Å²) in [5.74, 6) is -0.665. The van der Waals surface area contributed by atoms with Crippen LogP contribution in [0.2, 0.25) is 10.0 Å². The third-order valence-corrected chi connectivity index (χ3v) is 3.27. The van der Waals surface area contributed by atoms with E-state index < -0.39 is 0 Å². The predicted molar refractivity (Wildman–Crippen MR) is 88.6 cm³/mol. The first-order chi connectivity index (χ1) is 10.4. The molecule has 0 unspecified atom stereocenters. The summed E-state index contributed by atoms with van der Waals surface area (Å²) in [6, 6.07) is 11.9. The Kier molecular flexibility index (Phi) is 5.41. The summed E-state index contributed by atoms with van der Waals surface area (Å²) >= 11 is 11.7. The van der Waals surface area contributed by atoms with Crippen molar-refractivity contribution in [3.63, 3.8) is 0 Å². The highest BCUT2D eigenvalue weighted by Gasteiger charge is 2.09. The topological polar surface area (TPSA) is 58.2 Å². The van der Waals surface area contributed by atoms with Crippen molar-refractivity contribution in [2.24, 2.45) is 0 Å². The predicted octanol–water partition coefficient (Wildman–Crippen LogP) is 3.67. The highest BCUT2D eigenvalue weighted by Crippen LogP contribution is 2.22. The molecule has 0 saturated carbocycles. The van der Waals surface area contributed by atoms with E-state index in [9.17, 15) is 9.59 Å². The lowest BCUT2D eigenvalue weighted by atomic mass is 10.1. The number of aryl methyl sites for hydroxylation is 1. The number of nitrogens with one attached hydrogen (secondary N) is 2. The SMILES string of the molecule is Cc1cccc(C(=O)NCC(=O)Nc2cc(Cl)cc(Cl)c2)c1. The molecule has 2 aromatic carbocycles. The fourth-order valence-electron chi connectivity index (χ4n) is 1.88. The minimum atomic E-state index is -0.362. The van der Waals surface area contributed by atoms with Crippen molar-refractivity contribution in [3.8, 4) is 0 Å². The van der Waals surface area contributed by atoms with Gasteiger partial charge in [-0.15, -0.1) is 0 Å². The standard InChI is InChI=1S/C16H14Cl2N2O2/c1-10-3-2-4-11(5-10)16(22)19-9-15(21)20-14-7-12(17)6-13(18)8-14/h2-8H,9H2,1H3,(H,19,22)(H,20,21). The van der Waals surface area contributed by atoms with E-state index in [1.807, 2.05) is 13.0 Å². The molecule has 0 aliphatic rings. The summed E-state index contributed by atoms with van der Waals surface area (Å²) in [7, 11) is 0. The fraction of sp³-hybridized carbons (Fsp3) is 0.125. The van der Waals surface area contributed by atoms with Crippen LogP contribution in [0.15, 0.2) is 42.5 Å². The first kappa shape index (κ1) is 16.3. The van der Waals surface area contributed by atoms with Gasteiger partial charge in [0.15, 0.2) is 0 Å². The maximum atomic E-state index is 11.9. The Hall–Kier alpha value is -2.04. The molecule has 2 aromatic rings. The van der Waals surface area contributed by atoms with E-state index >= 15 is 0 Å². The molecule has 0 bridgehead atoms. The van der Waals surface area contributed by atoms with Gasteiger partial charge in [0.2, 0.25) is 5.91 Å². The van der Waals surface area contributed by atoms with Gasteiger partial charge in [0.25, 0.3) is 5.91 Å². The Morgan fingerprint density at radius 3 is 2.36 bits per heavy atom. The molecule has 0 saturated heterocycles. The van der Waals surface area contributed by atoms with Gasteiger partial charge in [0.05, 0.1) is 6.54 Å². The minimum absolute atomic E-state index is 0.142. The molecule has 0 aliphatic heterocycles.